The van der Waals surface area contributed by atoms with E-state index in [9.17, 15) is 10.1 Å². The Hall–Kier alpha value is -1.85. The standard InChI is InChI=1S/C18H21N5OS2/c1-18(11-19,12-4-5-12)20-16(24)10-26-17-22-21-15(23(17)13-6-7-13)9-14-3-2-8-25-14/h2-3,8,12-13H,4-7,9-10H2,1H3,(H,20,24). The summed E-state index contributed by atoms with van der Waals surface area (Å²) in [5.74, 6) is 1.40. The van der Waals surface area contributed by atoms with Gasteiger partial charge in [0.2, 0.25) is 5.91 Å². The summed E-state index contributed by atoms with van der Waals surface area (Å²) >= 11 is 3.13. The summed E-state index contributed by atoms with van der Waals surface area (Å²) in [4.78, 5) is 13.6. The second-order valence-electron chi connectivity index (χ2n) is 7.18. The monoisotopic (exact) mass is 387 g/mol. The van der Waals surface area contributed by atoms with Gasteiger partial charge in [0.25, 0.3) is 0 Å². The van der Waals surface area contributed by atoms with E-state index in [0.29, 0.717) is 6.04 Å². The number of thiophene rings is 1. The number of hydrogen-bond acceptors (Lipinski definition) is 6. The second kappa shape index (κ2) is 7.05. The lowest BCUT2D eigenvalue weighted by Gasteiger charge is -2.22. The molecule has 8 heteroatoms. The molecule has 4 rings (SSSR count). The normalized spacial score (nSPS) is 18.9. The lowest BCUT2D eigenvalue weighted by atomic mass is 9.98. The van der Waals surface area contributed by atoms with Crippen molar-refractivity contribution in [2.75, 3.05) is 5.75 Å². The van der Waals surface area contributed by atoms with Crippen molar-refractivity contribution in [2.45, 2.75) is 55.8 Å². The van der Waals surface area contributed by atoms with Gasteiger partial charge in [0, 0.05) is 17.3 Å². The van der Waals surface area contributed by atoms with Crippen molar-refractivity contribution in [1.82, 2.24) is 20.1 Å². The summed E-state index contributed by atoms with van der Waals surface area (Å²) < 4.78 is 2.20. The van der Waals surface area contributed by atoms with Crippen LogP contribution in [-0.2, 0) is 11.2 Å². The van der Waals surface area contributed by atoms with Crippen LogP contribution in [0.5, 0.6) is 0 Å². The molecular formula is C18H21N5OS2. The quantitative estimate of drug-likeness (QED) is 0.704. The van der Waals surface area contributed by atoms with E-state index in [1.165, 1.54) is 16.6 Å². The fourth-order valence-corrected chi connectivity index (χ4v) is 4.66. The fourth-order valence-electron chi connectivity index (χ4n) is 3.13. The molecule has 2 saturated carbocycles. The number of rotatable bonds is 8. The third-order valence-electron chi connectivity index (χ3n) is 4.92. The number of nitriles is 1. The summed E-state index contributed by atoms with van der Waals surface area (Å²) in [7, 11) is 0. The highest BCUT2D eigenvalue weighted by Gasteiger charge is 2.43. The molecule has 1 amide bonds. The van der Waals surface area contributed by atoms with Crippen LogP contribution in [0.2, 0.25) is 0 Å². The van der Waals surface area contributed by atoms with Crippen LogP contribution in [0, 0.1) is 17.2 Å². The second-order valence-corrected chi connectivity index (χ2v) is 9.16. The Kier molecular flexibility index (Phi) is 4.76. The first-order chi connectivity index (χ1) is 12.6. The zero-order valence-corrected chi connectivity index (χ0v) is 16.3. The van der Waals surface area contributed by atoms with E-state index >= 15 is 0 Å². The van der Waals surface area contributed by atoms with Crippen molar-refractivity contribution < 1.29 is 4.79 Å². The van der Waals surface area contributed by atoms with Crippen molar-refractivity contribution in [3.8, 4) is 6.07 Å². The van der Waals surface area contributed by atoms with E-state index in [1.807, 2.05) is 13.0 Å². The van der Waals surface area contributed by atoms with Gasteiger partial charge >= 0.3 is 0 Å². The maximum Gasteiger partial charge on any atom is 0.231 e. The minimum Gasteiger partial charge on any atom is -0.337 e. The lowest BCUT2D eigenvalue weighted by molar-refractivity contribution is -0.119. The van der Waals surface area contributed by atoms with E-state index in [2.05, 4.69) is 37.6 Å². The van der Waals surface area contributed by atoms with Crippen LogP contribution in [0.25, 0.3) is 0 Å². The van der Waals surface area contributed by atoms with Crippen LogP contribution in [0.4, 0.5) is 0 Å². The number of nitrogens with one attached hydrogen (secondary N) is 1. The van der Waals surface area contributed by atoms with Crippen LogP contribution in [-0.4, -0.2) is 32.0 Å². The van der Waals surface area contributed by atoms with E-state index in [-0.39, 0.29) is 17.6 Å². The summed E-state index contributed by atoms with van der Waals surface area (Å²) in [6, 6.07) is 6.88. The van der Waals surface area contributed by atoms with E-state index in [0.717, 1.165) is 43.1 Å². The topological polar surface area (TPSA) is 83.6 Å². The summed E-state index contributed by atoms with van der Waals surface area (Å²) in [6.07, 6.45) is 5.09. The van der Waals surface area contributed by atoms with Gasteiger partial charge in [-0.2, -0.15) is 5.26 Å². The molecule has 0 spiro atoms. The summed E-state index contributed by atoms with van der Waals surface area (Å²) in [5.41, 5.74) is -0.744. The molecule has 2 aromatic heterocycles. The first-order valence-electron chi connectivity index (χ1n) is 8.90. The molecule has 1 atom stereocenters. The van der Waals surface area contributed by atoms with Gasteiger partial charge in [-0.15, -0.1) is 21.5 Å². The van der Waals surface area contributed by atoms with E-state index < -0.39 is 5.54 Å². The van der Waals surface area contributed by atoms with Gasteiger partial charge in [-0.1, -0.05) is 17.8 Å². The van der Waals surface area contributed by atoms with Crippen LogP contribution < -0.4 is 5.32 Å². The summed E-state index contributed by atoms with van der Waals surface area (Å²) in [6.45, 7) is 1.82. The Bertz CT molecular complexity index is 832. The number of carbonyl (C=O) groups is 1. The third kappa shape index (κ3) is 3.79. The average Bonchev–Trinajstić information content (AvgIpc) is 3.56. The smallest absolute Gasteiger partial charge is 0.231 e. The van der Waals surface area contributed by atoms with Gasteiger partial charge in [-0.05, 0) is 50.0 Å². The minimum atomic E-state index is -0.744. The number of carbonyl (C=O) groups excluding carboxylic acids is 1. The van der Waals surface area contributed by atoms with Gasteiger partial charge < -0.3 is 9.88 Å². The Labute approximate surface area is 161 Å². The zero-order chi connectivity index (χ0) is 18.1. The fraction of sp³-hybridized carbons (Fsp3) is 0.556. The number of nitrogens with zero attached hydrogens (tertiary/aromatic N) is 4. The molecule has 1 unspecified atom stereocenters. The third-order valence-corrected chi connectivity index (χ3v) is 6.74. The molecule has 6 nitrogen and oxygen atoms in total. The maximum absolute atomic E-state index is 12.3. The molecule has 2 aromatic rings. The molecule has 2 heterocycles. The number of aromatic nitrogens is 3. The first kappa shape index (κ1) is 17.6. The number of amides is 1. The van der Waals surface area contributed by atoms with Gasteiger partial charge in [0.05, 0.1) is 11.8 Å². The molecule has 26 heavy (non-hydrogen) atoms. The Morgan fingerprint density at radius 2 is 2.27 bits per heavy atom. The molecule has 2 aliphatic rings. The molecule has 2 fully saturated rings. The SMILES string of the molecule is CC(C#N)(NC(=O)CSc1nnc(Cc2cccs2)n1C1CC1)C1CC1. The molecule has 1 N–H and O–H groups in total. The van der Waals surface area contributed by atoms with Gasteiger partial charge in [-0.25, -0.2) is 0 Å². The minimum absolute atomic E-state index is 0.115. The molecule has 2 aliphatic carbocycles. The maximum atomic E-state index is 12.3. The van der Waals surface area contributed by atoms with Crippen molar-refractivity contribution in [1.29, 1.82) is 5.26 Å². The largest absolute Gasteiger partial charge is 0.337 e. The van der Waals surface area contributed by atoms with E-state index in [1.54, 1.807) is 11.3 Å². The van der Waals surface area contributed by atoms with Crippen LogP contribution >= 0.6 is 23.1 Å². The Morgan fingerprint density at radius 3 is 2.88 bits per heavy atom. The zero-order valence-electron chi connectivity index (χ0n) is 14.6. The highest BCUT2D eigenvalue weighted by atomic mass is 32.2. The molecule has 0 radical (unpaired) electrons. The predicted octanol–water partition coefficient (Wildman–Crippen LogP) is 3.17. The van der Waals surface area contributed by atoms with Crippen molar-refractivity contribution in [3.63, 3.8) is 0 Å². The first-order valence-corrected chi connectivity index (χ1v) is 10.8. The predicted molar refractivity (Wildman–Crippen MR) is 101 cm³/mol. The van der Waals surface area contributed by atoms with Gasteiger partial charge in [-0.3, -0.25) is 4.79 Å². The Morgan fingerprint density at radius 1 is 1.46 bits per heavy atom. The molecule has 0 saturated heterocycles. The van der Waals surface area contributed by atoms with Gasteiger partial charge in [0.1, 0.15) is 11.4 Å². The molecule has 0 aromatic carbocycles. The Balaban J connectivity index is 1.41. The number of hydrogen-bond donors (Lipinski definition) is 1. The molecule has 136 valence electrons. The molecular weight excluding hydrogens is 366 g/mol. The summed E-state index contributed by atoms with van der Waals surface area (Å²) in [5, 5.41) is 23.9. The van der Waals surface area contributed by atoms with Gasteiger partial charge in [0.15, 0.2) is 5.16 Å². The van der Waals surface area contributed by atoms with Crippen LogP contribution in [0.15, 0.2) is 22.7 Å². The molecule has 0 aliphatic heterocycles. The highest BCUT2D eigenvalue weighted by Crippen LogP contribution is 2.40. The van der Waals surface area contributed by atoms with E-state index in [4.69, 9.17) is 0 Å². The molecule has 0 bridgehead atoms. The average molecular weight is 388 g/mol. The van der Waals surface area contributed by atoms with Crippen LogP contribution in [0.1, 0.15) is 49.4 Å². The van der Waals surface area contributed by atoms with Crippen LogP contribution in [0.3, 0.4) is 0 Å². The lowest BCUT2D eigenvalue weighted by Crippen LogP contribution is -2.47. The van der Waals surface area contributed by atoms with Crippen molar-refractivity contribution >= 4 is 29.0 Å². The number of thioether (sulfide) groups is 1. The van der Waals surface area contributed by atoms with Crippen molar-refractivity contribution in [3.05, 3.63) is 28.2 Å². The van der Waals surface area contributed by atoms with Crippen molar-refractivity contribution in [2.24, 2.45) is 5.92 Å². The highest BCUT2D eigenvalue weighted by molar-refractivity contribution is 7.99.